The molecule has 1 aliphatic rings. The number of thiophene rings is 1. The zero-order valence-electron chi connectivity index (χ0n) is 11.5. The van der Waals surface area contributed by atoms with Crippen molar-refractivity contribution in [2.24, 2.45) is 5.92 Å². The Balaban J connectivity index is 1.81. The summed E-state index contributed by atoms with van der Waals surface area (Å²) in [4.78, 5) is 13.7. The molecule has 3 rings (SSSR count). The molecule has 0 radical (unpaired) electrons. The van der Waals surface area contributed by atoms with E-state index in [1.165, 1.54) is 23.1 Å². The van der Waals surface area contributed by atoms with Crippen LogP contribution in [0.5, 0.6) is 0 Å². The molecule has 3 heterocycles. The van der Waals surface area contributed by atoms with Gasteiger partial charge < -0.3 is 10.2 Å². The van der Waals surface area contributed by atoms with Crippen molar-refractivity contribution < 1.29 is 0 Å². The number of nitrogens with one attached hydrogen (secondary N) is 1. The highest BCUT2D eigenvalue weighted by Crippen LogP contribution is 2.31. The van der Waals surface area contributed by atoms with Gasteiger partial charge in [0.25, 0.3) is 0 Å². The number of fused-ring (bicyclic) bond motifs is 1. The summed E-state index contributed by atoms with van der Waals surface area (Å²) >= 11 is 1.75. The Bertz CT molecular complexity index is 558. The number of aryl methyl sites for hydroxylation is 1. The number of nitrogens with zero attached hydrogens (tertiary/aromatic N) is 3. The molecule has 2 aromatic rings. The van der Waals surface area contributed by atoms with Gasteiger partial charge in [-0.05, 0) is 45.3 Å². The molecule has 1 aliphatic heterocycles. The summed E-state index contributed by atoms with van der Waals surface area (Å²) in [7, 11) is 2.04. The molecule has 0 bridgehead atoms. The van der Waals surface area contributed by atoms with E-state index in [4.69, 9.17) is 0 Å². The van der Waals surface area contributed by atoms with Crippen LogP contribution in [0.4, 0.5) is 5.82 Å². The SMILES string of the molecule is CNCC1CCN(c2ncnc3sc(C)cc23)CC1. The van der Waals surface area contributed by atoms with E-state index in [0.29, 0.717) is 0 Å². The van der Waals surface area contributed by atoms with Crippen molar-refractivity contribution in [2.75, 3.05) is 31.6 Å². The van der Waals surface area contributed by atoms with Gasteiger partial charge in [0.1, 0.15) is 17.0 Å². The minimum absolute atomic E-state index is 0.808. The molecule has 19 heavy (non-hydrogen) atoms. The van der Waals surface area contributed by atoms with E-state index in [9.17, 15) is 0 Å². The lowest BCUT2D eigenvalue weighted by Gasteiger charge is -2.32. The maximum atomic E-state index is 4.52. The van der Waals surface area contributed by atoms with Crippen molar-refractivity contribution >= 4 is 27.4 Å². The van der Waals surface area contributed by atoms with Crippen LogP contribution in [-0.4, -0.2) is 36.6 Å². The first kappa shape index (κ1) is 12.8. The van der Waals surface area contributed by atoms with Crippen molar-refractivity contribution in [3.05, 3.63) is 17.3 Å². The molecule has 1 fully saturated rings. The van der Waals surface area contributed by atoms with E-state index in [1.54, 1.807) is 17.7 Å². The third kappa shape index (κ3) is 2.58. The summed E-state index contributed by atoms with van der Waals surface area (Å²) in [6.07, 6.45) is 4.19. The van der Waals surface area contributed by atoms with Crippen molar-refractivity contribution in [3.8, 4) is 0 Å². The third-order valence-electron chi connectivity index (χ3n) is 3.84. The van der Waals surface area contributed by atoms with Crippen LogP contribution in [0.15, 0.2) is 12.4 Å². The fourth-order valence-electron chi connectivity index (χ4n) is 2.85. The predicted molar refractivity (Wildman–Crippen MR) is 81.0 cm³/mol. The van der Waals surface area contributed by atoms with Gasteiger partial charge in [-0.2, -0.15) is 0 Å². The van der Waals surface area contributed by atoms with Crippen LogP contribution in [0.25, 0.3) is 10.2 Å². The predicted octanol–water partition coefficient (Wildman–Crippen LogP) is 2.44. The van der Waals surface area contributed by atoms with Crippen LogP contribution in [0, 0.1) is 12.8 Å². The van der Waals surface area contributed by atoms with Crippen LogP contribution in [0.2, 0.25) is 0 Å². The molecule has 0 aliphatic carbocycles. The third-order valence-corrected chi connectivity index (χ3v) is 4.80. The van der Waals surface area contributed by atoms with Gasteiger partial charge in [-0.25, -0.2) is 9.97 Å². The highest BCUT2D eigenvalue weighted by molar-refractivity contribution is 7.18. The van der Waals surface area contributed by atoms with Crippen LogP contribution >= 0.6 is 11.3 Å². The molecule has 2 aromatic heterocycles. The molecular weight excluding hydrogens is 256 g/mol. The summed E-state index contributed by atoms with van der Waals surface area (Å²) < 4.78 is 0. The van der Waals surface area contributed by atoms with Crippen molar-refractivity contribution in [2.45, 2.75) is 19.8 Å². The number of rotatable bonds is 3. The van der Waals surface area contributed by atoms with Crippen LogP contribution in [0.3, 0.4) is 0 Å². The van der Waals surface area contributed by atoms with Crippen LogP contribution < -0.4 is 10.2 Å². The van der Waals surface area contributed by atoms with Gasteiger partial charge in [-0.15, -0.1) is 11.3 Å². The van der Waals surface area contributed by atoms with Gasteiger partial charge in [0.15, 0.2) is 0 Å². The van der Waals surface area contributed by atoms with Crippen molar-refractivity contribution in [1.82, 2.24) is 15.3 Å². The molecule has 0 saturated carbocycles. The maximum absolute atomic E-state index is 4.52. The van der Waals surface area contributed by atoms with Crippen LogP contribution in [0.1, 0.15) is 17.7 Å². The maximum Gasteiger partial charge on any atom is 0.140 e. The van der Waals surface area contributed by atoms with E-state index in [0.717, 1.165) is 36.2 Å². The number of anilines is 1. The second-order valence-corrected chi connectivity index (χ2v) is 6.50. The second-order valence-electron chi connectivity index (χ2n) is 5.26. The molecule has 5 heteroatoms. The average molecular weight is 276 g/mol. The number of piperidine rings is 1. The van der Waals surface area contributed by atoms with Gasteiger partial charge >= 0.3 is 0 Å². The fourth-order valence-corrected chi connectivity index (χ4v) is 3.69. The topological polar surface area (TPSA) is 41.0 Å². The van der Waals surface area contributed by atoms with Gasteiger partial charge in [0, 0.05) is 18.0 Å². The molecule has 1 N–H and O–H groups in total. The highest BCUT2D eigenvalue weighted by Gasteiger charge is 2.21. The van der Waals surface area contributed by atoms with Gasteiger partial charge in [0.2, 0.25) is 0 Å². The van der Waals surface area contributed by atoms with Gasteiger partial charge in [0.05, 0.1) is 5.39 Å². The van der Waals surface area contributed by atoms with E-state index >= 15 is 0 Å². The summed E-state index contributed by atoms with van der Waals surface area (Å²) in [5.74, 6) is 1.93. The average Bonchev–Trinajstić information content (AvgIpc) is 2.80. The first-order valence-corrected chi connectivity index (χ1v) is 7.70. The summed E-state index contributed by atoms with van der Waals surface area (Å²) in [6.45, 7) is 5.47. The molecule has 0 amide bonds. The largest absolute Gasteiger partial charge is 0.356 e. The Morgan fingerprint density at radius 1 is 1.37 bits per heavy atom. The smallest absolute Gasteiger partial charge is 0.140 e. The van der Waals surface area contributed by atoms with Crippen molar-refractivity contribution in [3.63, 3.8) is 0 Å². The molecule has 0 atom stereocenters. The molecule has 102 valence electrons. The summed E-state index contributed by atoms with van der Waals surface area (Å²) in [5.41, 5.74) is 0. The minimum Gasteiger partial charge on any atom is -0.356 e. The number of hydrogen-bond donors (Lipinski definition) is 1. The second kappa shape index (κ2) is 5.43. The molecule has 4 nitrogen and oxygen atoms in total. The zero-order valence-corrected chi connectivity index (χ0v) is 12.3. The Hall–Kier alpha value is -1.20. The van der Waals surface area contributed by atoms with Gasteiger partial charge in [-0.3, -0.25) is 0 Å². The van der Waals surface area contributed by atoms with Crippen LogP contribution in [-0.2, 0) is 0 Å². The summed E-state index contributed by atoms with van der Waals surface area (Å²) in [6, 6.07) is 2.22. The molecule has 0 unspecified atom stereocenters. The molecule has 1 saturated heterocycles. The standard InChI is InChI=1S/C14H20N4S/c1-10-7-12-13(16-9-17-14(12)19-10)18-5-3-11(4-6-18)8-15-2/h7,9,11,15H,3-6,8H2,1-2H3. The first-order valence-electron chi connectivity index (χ1n) is 6.88. The van der Waals surface area contributed by atoms with E-state index in [-0.39, 0.29) is 0 Å². The lowest BCUT2D eigenvalue weighted by Crippen LogP contribution is -2.37. The Morgan fingerprint density at radius 3 is 2.89 bits per heavy atom. The molecule has 0 spiro atoms. The highest BCUT2D eigenvalue weighted by atomic mass is 32.1. The fraction of sp³-hybridized carbons (Fsp3) is 0.571. The van der Waals surface area contributed by atoms with E-state index < -0.39 is 0 Å². The first-order chi connectivity index (χ1) is 9.28. The molecule has 0 aromatic carbocycles. The Morgan fingerprint density at radius 2 is 2.16 bits per heavy atom. The normalized spacial score (nSPS) is 17.3. The lowest BCUT2D eigenvalue weighted by molar-refractivity contribution is 0.392. The summed E-state index contributed by atoms with van der Waals surface area (Å²) in [5, 5.41) is 4.50. The Labute approximate surface area is 117 Å². The number of aromatic nitrogens is 2. The lowest BCUT2D eigenvalue weighted by atomic mass is 9.97. The number of hydrogen-bond acceptors (Lipinski definition) is 5. The molecular formula is C14H20N4S. The van der Waals surface area contributed by atoms with E-state index in [2.05, 4.69) is 33.2 Å². The minimum atomic E-state index is 0.808. The monoisotopic (exact) mass is 276 g/mol. The zero-order chi connectivity index (χ0) is 13.2. The van der Waals surface area contributed by atoms with E-state index in [1.807, 2.05) is 7.05 Å². The van der Waals surface area contributed by atoms with Gasteiger partial charge in [-0.1, -0.05) is 0 Å². The Kier molecular flexibility index (Phi) is 3.66. The van der Waals surface area contributed by atoms with Crippen molar-refractivity contribution in [1.29, 1.82) is 0 Å². The quantitative estimate of drug-likeness (QED) is 0.935.